The van der Waals surface area contributed by atoms with Crippen LogP contribution in [0.2, 0.25) is 0 Å². The summed E-state index contributed by atoms with van der Waals surface area (Å²) >= 11 is 0. The van der Waals surface area contributed by atoms with Crippen molar-refractivity contribution in [3.8, 4) is 11.5 Å². The number of carbonyl (C=O) groups excluding carboxylic acids is 3. The van der Waals surface area contributed by atoms with Crippen LogP contribution in [0.4, 0.5) is 0 Å². The molecule has 0 aromatic heterocycles. The van der Waals surface area contributed by atoms with Crippen molar-refractivity contribution in [1.29, 1.82) is 0 Å². The highest BCUT2D eigenvalue weighted by molar-refractivity contribution is 5.94. The summed E-state index contributed by atoms with van der Waals surface area (Å²) in [4.78, 5) is 33.4. The first-order chi connectivity index (χ1) is 12.4. The van der Waals surface area contributed by atoms with Crippen molar-refractivity contribution < 1.29 is 33.3 Å². The number of rotatable bonds is 7. The predicted octanol–water partition coefficient (Wildman–Crippen LogP) is 2.64. The molecule has 0 aliphatic carbocycles. The number of esters is 3. The van der Waals surface area contributed by atoms with Crippen molar-refractivity contribution in [2.45, 2.75) is 26.9 Å². The summed E-state index contributed by atoms with van der Waals surface area (Å²) in [5, 5.41) is 1.45. The van der Waals surface area contributed by atoms with E-state index in [0.29, 0.717) is 16.9 Å². The number of ether oxygens (including phenoxy) is 4. The first kappa shape index (κ1) is 19.2. The van der Waals surface area contributed by atoms with E-state index in [9.17, 15) is 14.4 Å². The fraction of sp³-hybridized carbons (Fsp3) is 0.316. The zero-order chi connectivity index (χ0) is 19.1. The molecule has 26 heavy (non-hydrogen) atoms. The summed E-state index contributed by atoms with van der Waals surface area (Å²) in [6.07, 6.45) is -0.733. The molecule has 0 aliphatic rings. The SMILES string of the molecule is CC(=O)OCC(COc1ccc(OC(C)=O)c2ccccc12)OC(C)=O. The average molecular weight is 360 g/mol. The Balaban J connectivity index is 2.19. The zero-order valence-corrected chi connectivity index (χ0v) is 14.8. The van der Waals surface area contributed by atoms with Gasteiger partial charge < -0.3 is 18.9 Å². The van der Waals surface area contributed by atoms with Crippen LogP contribution < -0.4 is 9.47 Å². The maximum absolute atomic E-state index is 11.2. The van der Waals surface area contributed by atoms with Gasteiger partial charge >= 0.3 is 17.9 Å². The van der Waals surface area contributed by atoms with Crippen LogP contribution in [0, 0.1) is 0 Å². The summed E-state index contributed by atoms with van der Waals surface area (Å²) in [6.45, 7) is 3.77. The predicted molar refractivity (Wildman–Crippen MR) is 92.9 cm³/mol. The Labute approximate surface area is 150 Å². The van der Waals surface area contributed by atoms with Gasteiger partial charge in [0, 0.05) is 31.5 Å². The molecule has 0 saturated heterocycles. The lowest BCUT2D eigenvalue weighted by molar-refractivity contribution is -0.158. The quantitative estimate of drug-likeness (QED) is 0.554. The average Bonchev–Trinajstić information content (AvgIpc) is 2.57. The van der Waals surface area contributed by atoms with E-state index in [1.807, 2.05) is 24.3 Å². The van der Waals surface area contributed by atoms with Crippen molar-refractivity contribution in [1.82, 2.24) is 0 Å². The summed E-state index contributed by atoms with van der Waals surface area (Å²) in [5.74, 6) is -0.437. The summed E-state index contributed by atoms with van der Waals surface area (Å²) in [6, 6.07) is 10.6. The number of hydrogen-bond donors (Lipinski definition) is 0. The van der Waals surface area contributed by atoms with E-state index >= 15 is 0 Å². The normalized spacial score (nSPS) is 11.5. The van der Waals surface area contributed by atoms with E-state index in [1.165, 1.54) is 20.8 Å². The topological polar surface area (TPSA) is 88.1 Å². The second-order valence-electron chi connectivity index (χ2n) is 5.55. The number of benzene rings is 2. The number of hydrogen-bond acceptors (Lipinski definition) is 7. The van der Waals surface area contributed by atoms with Gasteiger partial charge in [0.15, 0.2) is 6.10 Å². The van der Waals surface area contributed by atoms with E-state index in [1.54, 1.807) is 12.1 Å². The van der Waals surface area contributed by atoms with Gasteiger partial charge in [-0.1, -0.05) is 24.3 Å². The maximum atomic E-state index is 11.2. The van der Waals surface area contributed by atoms with Gasteiger partial charge in [0.1, 0.15) is 24.7 Å². The third kappa shape index (κ3) is 5.47. The highest BCUT2D eigenvalue weighted by atomic mass is 16.6. The van der Waals surface area contributed by atoms with E-state index < -0.39 is 24.0 Å². The van der Waals surface area contributed by atoms with Gasteiger partial charge in [0.25, 0.3) is 0 Å². The molecule has 138 valence electrons. The molecular weight excluding hydrogens is 340 g/mol. The van der Waals surface area contributed by atoms with Crippen LogP contribution in [-0.4, -0.2) is 37.2 Å². The molecule has 7 heteroatoms. The van der Waals surface area contributed by atoms with Crippen LogP contribution in [0.25, 0.3) is 10.8 Å². The Hall–Kier alpha value is -3.09. The van der Waals surface area contributed by atoms with Crippen molar-refractivity contribution in [2.75, 3.05) is 13.2 Å². The molecule has 0 saturated carbocycles. The molecule has 1 unspecified atom stereocenters. The summed E-state index contributed by atoms with van der Waals surface area (Å²) < 4.78 is 21.0. The maximum Gasteiger partial charge on any atom is 0.308 e. The minimum atomic E-state index is -0.733. The summed E-state index contributed by atoms with van der Waals surface area (Å²) in [7, 11) is 0. The first-order valence-corrected chi connectivity index (χ1v) is 8.00. The van der Waals surface area contributed by atoms with Crippen LogP contribution >= 0.6 is 0 Å². The van der Waals surface area contributed by atoms with Gasteiger partial charge in [0.05, 0.1) is 0 Å². The minimum absolute atomic E-state index is 0.00374. The van der Waals surface area contributed by atoms with Crippen LogP contribution in [0.15, 0.2) is 36.4 Å². The van der Waals surface area contributed by atoms with E-state index in [4.69, 9.17) is 18.9 Å². The van der Waals surface area contributed by atoms with Crippen molar-refractivity contribution >= 4 is 28.7 Å². The Bertz CT molecular complexity index is 813. The third-order valence-corrected chi connectivity index (χ3v) is 3.33. The molecule has 1 atom stereocenters. The second kappa shape index (κ2) is 8.84. The van der Waals surface area contributed by atoms with Gasteiger partial charge in [-0.3, -0.25) is 14.4 Å². The minimum Gasteiger partial charge on any atom is -0.489 e. The standard InChI is InChI=1S/C19H20O7/c1-12(20)23-10-15(25-13(2)21)11-24-18-8-9-19(26-14(3)22)17-7-5-4-6-16(17)18/h4-9,15H,10-11H2,1-3H3. The molecule has 2 aromatic rings. The first-order valence-electron chi connectivity index (χ1n) is 8.00. The molecule has 0 radical (unpaired) electrons. The molecule has 0 N–H and O–H groups in total. The molecule has 0 bridgehead atoms. The Morgan fingerprint density at radius 3 is 2.00 bits per heavy atom. The van der Waals surface area contributed by atoms with Crippen LogP contribution in [0.1, 0.15) is 20.8 Å². The third-order valence-electron chi connectivity index (χ3n) is 3.33. The number of carbonyl (C=O) groups is 3. The fourth-order valence-corrected chi connectivity index (χ4v) is 2.36. The second-order valence-corrected chi connectivity index (χ2v) is 5.55. The monoisotopic (exact) mass is 360 g/mol. The highest BCUT2D eigenvalue weighted by Gasteiger charge is 2.17. The highest BCUT2D eigenvalue weighted by Crippen LogP contribution is 2.33. The van der Waals surface area contributed by atoms with Gasteiger partial charge in [-0.2, -0.15) is 0 Å². The van der Waals surface area contributed by atoms with Gasteiger partial charge in [-0.05, 0) is 12.1 Å². The molecule has 0 spiro atoms. The Morgan fingerprint density at radius 1 is 0.808 bits per heavy atom. The molecule has 7 nitrogen and oxygen atoms in total. The van der Waals surface area contributed by atoms with Crippen LogP contribution in [-0.2, 0) is 23.9 Å². The largest absolute Gasteiger partial charge is 0.489 e. The lowest BCUT2D eigenvalue weighted by atomic mass is 10.1. The fourth-order valence-electron chi connectivity index (χ4n) is 2.36. The van der Waals surface area contributed by atoms with Crippen molar-refractivity contribution in [3.05, 3.63) is 36.4 Å². The molecule has 0 amide bonds. The van der Waals surface area contributed by atoms with Gasteiger partial charge in [-0.15, -0.1) is 0 Å². The van der Waals surface area contributed by atoms with Crippen LogP contribution in [0.5, 0.6) is 11.5 Å². The van der Waals surface area contributed by atoms with E-state index in [0.717, 1.165) is 5.39 Å². The zero-order valence-electron chi connectivity index (χ0n) is 14.8. The lowest BCUT2D eigenvalue weighted by Gasteiger charge is -2.18. The van der Waals surface area contributed by atoms with Gasteiger partial charge in [0.2, 0.25) is 0 Å². The van der Waals surface area contributed by atoms with E-state index in [-0.39, 0.29) is 13.2 Å². The molecule has 0 heterocycles. The molecular formula is C19H20O7. The smallest absolute Gasteiger partial charge is 0.308 e. The van der Waals surface area contributed by atoms with Gasteiger partial charge in [-0.25, -0.2) is 0 Å². The molecule has 0 fully saturated rings. The molecule has 0 aliphatic heterocycles. The Morgan fingerprint density at radius 2 is 1.42 bits per heavy atom. The van der Waals surface area contributed by atoms with Crippen molar-refractivity contribution in [2.24, 2.45) is 0 Å². The van der Waals surface area contributed by atoms with Crippen LogP contribution in [0.3, 0.4) is 0 Å². The molecule has 2 rings (SSSR count). The number of fused-ring (bicyclic) bond motifs is 1. The van der Waals surface area contributed by atoms with E-state index in [2.05, 4.69) is 0 Å². The summed E-state index contributed by atoms with van der Waals surface area (Å²) in [5.41, 5.74) is 0. The molecule has 2 aromatic carbocycles. The Kier molecular flexibility index (Phi) is 6.54. The van der Waals surface area contributed by atoms with Crippen molar-refractivity contribution in [3.63, 3.8) is 0 Å². The lowest BCUT2D eigenvalue weighted by Crippen LogP contribution is -2.29.